The summed E-state index contributed by atoms with van der Waals surface area (Å²) in [6.45, 7) is 0. The molecule has 0 unspecified atom stereocenters. The zero-order valence-corrected chi connectivity index (χ0v) is 8.52. The van der Waals surface area contributed by atoms with Crippen LogP contribution in [-0.4, -0.2) is 0 Å². The maximum atomic E-state index is 3.22. The highest BCUT2D eigenvalue weighted by atomic mass is 13.8. The quantitative estimate of drug-likeness (QED) is 0.532. The van der Waals surface area contributed by atoms with Crippen LogP contribution >= 0.6 is 0 Å². The van der Waals surface area contributed by atoms with Gasteiger partial charge in [0, 0.05) is 0 Å². The highest BCUT2D eigenvalue weighted by molar-refractivity contribution is 5.10. The fourth-order valence-corrected chi connectivity index (χ4v) is 1.15. The van der Waals surface area contributed by atoms with Crippen molar-refractivity contribution in [3.63, 3.8) is 0 Å². The molecule has 0 amide bonds. The van der Waals surface area contributed by atoms with E-state index in [0.29, 0.717) is 0 Å². The molecule has 0 heterocycles. The molecule has 0 aromatic heterocycles. The van der Waals surface area contributed by atoms with Gasteiger partial charge in [0.2, 0.25) is 0 Å². The molecule has 0 N–H and O–H groups in total. The summed E-state index contributed by atoms with van der Waals surface area (Å²) >= 11 is 0. The number of rotatable bonds is 0. The molecule has 1 aliphatic rings. The lowest BCUT2D eigenvalue weighted by Gasteiger charge is -1.86. The van der Waals surface area contributed by atoms with Crippen LogP contribution in [-0.2, 0) is 0 Å². The summed E-state index contributed by atoms with van der Waals surface area (Å²) < 4.78 is 0. The van der Waals surface area contributed by atoms with E-state index in [1.54, 1.807) is 0 Å². The number of hydrogen-bond donors (Lipinski definition) is 0. The highest BCUT2D eigenvalue weighted by Crippen LogP contribution is 1.97. The summed E-state index contributed by atoms with van der Waals surface area (Å²) in [5.74, 6) is 0. The Morgan fingerprint density at radius 1 is 0.643 bits per heavy atom. The molecule has 1 rings (SSSR count). The highest BCUT2D eigenvalue weighted by Gasteiger charge is 1.77. The average molecular weight is 185 g/mol. The van der Waals surface area contributed by atoms with E-state index in [1.165, 1.54) is 0 Å². The third-order valence-electron chi connectivity index (χ3n) is 1.91. The Balaban J connectivity index is 2.45. The number of hydrogen-bond acceptors (Lipinski definition) is 0. The lowest BCUT2D eigenvalue weighted by Crippen LogP contribution is -1.67. The molecule has 1 aliphatic carbocycles. The van der Waals surface area contributed by atoms with Crippen LogP contribution in [0.15, 0.2) is 54.7 Å². The van der Waals surface area contributed by atoms with Gasteiger partial charge in [0.15, 0.2) is 0 Å². The Labute approximate surface area is 87.0 Å². The lowest BCUT2D eigenvalue weighted by molar-refractivity contribution is 1.02. The molecule has 0 atom stereocenters. The van der Waals surface area contributed by atoms with Gasteiger partial charge in [0.1, 0.15) is 0 Å². The topological polar surface area (TPSA) is 0 Å². The zero-order valence-electron chi connectivity index (χ0n) is 8.52. The van der Waals surface area contributed by atoms with Crippen LogP contribution in [0.1, 0.15) is 25.7 Å². The largest absolute Gasteiger partial charge is 0.0842 e. The monoisotopic (exact) mass is 185 g/mol. The van der Waals surface area contributed by atoms with Crippen LogP contribution in [0.4, 0.5) is 0 Å². The first-order valence-corrected chi connectivity index (χ1v) is 5.20. The minimum Gasteiger partial charge on any atom is -0.0842 e. The standard InChI is InChI=1S/C14H17/c1-2-4-6-8-10-12-14-13-11-9-7-5-3-1/h1-5,10,12-14H,6,8-9,11H2/b3-1-,4-2+,7-5?,12-10+,14-13+. The molecule has 0 aromatic carbocycles. The maximum absolute atomic E-state index is 3.22. The van der Waals surface area contributed by atoms with Crippen LogP contribution in [0, 0.1) is 6.08 Å². The second-order valence-electron chi connectivity index (χ2n) is 3.16. The Hall–Kier alpha value is -1.30. The first-order chi connectivity index (χ1) is 7.00. The van der Waals surface area contributed by atoms with E-state index in [2.05, 4.69) is 48.6 Å². The summed E-state index contributed by atoms with van der Waals surface area (Å²) in [6, 6.07) is 0. The van der Waals surface area contributed by atoms with Gasteiger partial charge in [-0.05, 0) is 31.8 Å². The predicted octanol–water partition coefficient (Wildman–Crippen LogP) is 4.14. The average Bonchev–Trinajstić information content (AvgIpc) is 2.22. The molecule has 73 valence electrons. The molecule has 0 fully saturated rings. The third kappa shape index (κ3) is 6.24. The van der Waals surface area contributed by atoms with Crippen molar-refractivity contribution in [1.82, 2.24) is 0 Å². The van der Waals surface area contributed by atoms with Crippen LogP contribution in [0.5, 0.6) is 0 Å². The second-order valence-corrected chi connectivity index (χ2v) is 3.16. The predicted molar refractivity (Wildman–Crippen MR) is 62.8 cm³/mol. The van der Waals surface area contributed by atoms with E-state index in [1.807, 2.05) is 12.2 Å². The van der Waals surface area contributed by atoms with Gasteiger partial charge in [0.25, 0.3) is 0 Å². The summed E-state index contributed by atoms with van der Waals surface area (Å²) in [5, 5.41) is 0. The van der Waals surface area contributed by atoms with Crippen molar-refractivity contribution >= 4 is 0 Å². The summed E-state index contributed by atoms with van der Waals surface area (Å²) in [7, 11) is 0. The third-order valence-corrected chi connectivity index (χ3v) is 1.91. The molecule has 0 saturated heterocycles. The van der Waals surface area contributed by atoms with Gasteiger partial charge in [-0.1, -0.05) is 54.7 Å². The second kappa shape index (κ2) is 8.31. The zero-order chi connectivity index (χ0) is 9.90. The molecule has 0 aliphatic heterocycles. The van der Waals surface area contributed by atoms with Gasteiger partial charge >= 0.3 is 0 Å². The van der Waals surface area contributed by atoms with Gasteiger partial charge < -0.3 is 0 Å². The smallest absolute Gasteiger partial charge is 0.0241 e. The van der Waals surface area contributed by atoms with Crippen molar-refractivity contribution in [3.8, 4) is 0 Å². The van der Waals surface area contributed by atoms with Crippen LogP contribution < -0.4 is 0 Å². The molecule has 0 bridgehead atoms. The van der Waals surface area contributed by atoms with E-state index in [0.717, 1.165) is 25.7 Å². The van der Waals surface area contributed by atoms with Crippen LogP contribution in [0.2, 0.25) is 0 Å². The van der Waals surface area contributed by atoms with Crippen molar-refractivity contribution in [1.29, 1.82) is 0 Å². The van der Waals surface area contributed by atoms with Crippen molar-refractivity contribution in [3.05, 3.63) is 60.8 Å². The fourth-order valence-electron chi connectivity index (χ4n) is 1.15. The number of allylic oxidation sites excluding steroid dienone is 10. The van der Waals surface area contributed by atoms with Gasteiger partial charge in [-0.3, -0.25) is 0 Å². The van der Waals surface area contributed by atoms with Gasteiger partial charge in [0.05, 0.1) is 0 Å². The molecule has 1 radical (unpaired) electrons. The van der Waals surface area contributed by atoms with Crippen molar-refractivity contribution in [2.75, 3.05) is 0 Å². The van der Waals surface area contributed by atoms with E-state index in [4.69, 9.17) is 0 Å². The minimum absolute atomic E-state index is 0.998. The fraction of sp³-hybridized carbons (Fsp3) is 0.286. The summed E-state index contributed by atoms with van der Waals surface area (Å²) in [6.07, 6.45) is 26.5. The van der Waals surface area contributed by atoms with Crippen molar-refractivity contribution < 1.29 is 0 Å². The molecule has 0 heteroatoms. The summed E-state index contributed by atoms with van der Waals surface area (Å²) in [4.78, 5) is 0. The molecular formula is C14H17. The Morgan fingerprint density at radius 3 is 2.07 bits per heavy atom. The lowest BCUT2D eigenvalue weighted by atomic mass is 10.2. The van der Waals surface area contributed by atoms with E-state index >= 15 is 0 Å². The SMILES string of the molecule is [C]1=C/C=C\C=C\CC/C=C/C=C/CC/1. The Morgan fingerprint density at radius 2 is 1.29 bits per heavy atom. The van der Waals surface area contributed by atoms with Gasteiger partial charge in [-0.2, -0.15) is 0 Å². The first-order valence-electron chi connectivity index (χ1n) is 5.20. The van der Waals surface area contributed by atoms with Crippen molar-refractivity contribution in [2.24, 2.45) is 0 Å². The van der Waals surface area contributed by atoms with Gasteiger partial charge in [-0.25, -0.2) is 0 Å². The van der Waals surface area contributed by atoms with Gasteiger partial charge in [-0.15, -0.1) is 0 Å². The Bertz CT molecular complexity index is 234. The van der Waals surface area contributed by atoms with Crippen LogP contribution in [0.3, 0.4) is 0 Å². The van der Waals surface area contributed by atoms with Crippen molar-refractivity contribution in [2.45, 2.75) is 25.7 Å². The van der Waals surface area contributed by atoms with E-state index in [-0.39, 0.29) is 0 Å². The minimum atomic E-state index is 0.998. The molecule has 0 spiro atoms. The molecule has 0 saturated carbocycles. The normalized spacial score (nSPS) is 29.7. The Kier molecular flexibility index (Phi) is 6.39. The molecule has 14 heavy (non-hydrogen) atoms. The summed E-state index contributed by atoms with van der Waals surface area (Å²) in [5.41, 5.74) is 0. The molecule has 0 nitrogen and oxygen atoms in total. The van der Waals surface area contributed by atoms with E-state index in [9.17, 15) is 0 Å². The first kappa shape index (κ1) is 10.8. The van der Waals surface area contributed by atoms with E-state index < -0.39 is 0 Å². The maximum Gasteiger partial charge on any atom is -0.0241 e. The molecular weight excluding hydrogens is 168 g/mol. The molecule has 0 aromatic rings. The van der Waals surface area contributed by atoms with Crippen LogP contribution in [0.25, 0.3) is 0 Å².